The molecule has 1 atom stereocenters. The predicted molar refractivity (Wildman–Crippen MR) is 54.8 cm³/mol. The molecule has 0 aromatic rings. The van der Waals surface area contributed by atoms with Crippen LogP contribution in [-0.4, -0.2) is 40.2 Å². The summed E-state index contributed by atoms with van der Waals surface area (Å²) in [6.45, 7) is 3.88. The number of halogens is 1. The Bertz CT molecular complexity index is 162. The Morgan fingerprint density at radius 3 is 2.55 bits per heavy atom. The molecule has 1 unspecified atom stereocenters. The molecule has 0 aliphatic carbocycles. The van der Waals surface area contributed by atoms with E-state index < -0.39 is 0 Å². The highest BCUT2D eigenvalue weighted by molar-refractivity contribution is 14.1. The zero-order valence-electron chi connectivity index (χ0n) is 7.02. The lowest BCUT2D eigenvalue weighted by molar-refractivity contribution is 0.278. The van der Waals surface area contributed by atoms with Gasteiger partial charge in [-0.1, -0.05) is 0 Å². The lowest BCUT2D eigenvalue weighted by Crippen LogP contribution is -2.39. The first-order chi connectivity index (χ1) is 5.23. The van der Waals surface area contributed by atoms with Crippen molar-refractivity contribution in [3.63, 3.8) is 0 Å². The fourth-order valence-corrected chi connectivity index (χ4v) is 3.34. The minimum atomic E-state index is 0.565. The lowest BCUT2D eigenvalue weighted by Gasteiger charge is -2.29. The fraction of sp³-hybridized carbons (Fsp3) is 1.00. The SMILES string of the molecule is CN1CCC2(CCCN2I)C1. The van der Waals surface area contributed by atoms with Gasteiger partial charge in [0.15, 0.2) is 0 Å². The third kappa shape index (κ3) is 1.31. The molecule has 0 aromatic heterocycles. The second-order valence-corrected chi connectivity index (χ2v) is 5.07. The van der Waals surface area contributed by atoms with E-state index >= 15 is 0 Å². The van der Waals surface area contributed by atoms with Crippen LogP contribution in [0.1, 0.15) is 19.3 Å². The molecule has 3 heteroatoms. The van der Waals surface area contributed by atoms with Crippen LogP contribution in [0.2, 0.25) is 0 Å². The maximum Gasteiger partial charge on any atom is 0.0444 e. The zero-order valence-corrected chi connectivity index (χ0v) is 9.17. The molecular formula is C8H15IN2. The number of hydrogen-bond acceptors (Lipinski definition) is 2. The molecule has 0 saturated carbocycles. The van der Waals surface area contributed by atoms with Gasteiger partial charge >= 0.3 is 0 Å². The highest BCUT2D eigenvalue weighted by Gasteiger charge is 2.43. The van der Waals surface area contributed by atoms with E-state index in [2.05, 4.69) is 37.9 Å². The Labute approximate surface area is 82.4 Å². The van der Waals surface area contributed by atoms with Crippen molar-refractivity contribution in [3.8, 4) is 0 Å². The van der Waals surface area contributed by atoms with Crippen molar-refractivity contribution in [2.75, 3.05) is 26.7 Å². The minimum absolute atomic E-state index is 0.565. The quantitative estimate of drug-likeness (QED) is 0.484. The van der Waals surface area contributed by atoms with Crippen LogP contribution in [0.15, 0.2) is 0 Å². The highest BCUT2D eigenvalue weighted by atomic mass is 127. The van der Waals surface area contributed by atoms with Gasteiger partial charge in [0.2, 0.25) is 0 Å². The summed E-state index contributed by atoms with van der Waals surface area (Å²) in [5.41, 5.74) is 0.565. The topological polar surface area (TPSA) is 6.48 Å². The van der Waals surface area contributed by atoms with Gasteiger partial charge in [0, 0.05) is 41.5 Å². The van der Waals surface area contributed by atoms with E-state index in [0.29, 0.717) is 5.54 Å². The molecule has 2 saturated heterocycles. The van der Waals surface area contributed by atoms with Gasteiger partial charge in [0.05, 0.1) is 0 Å². The first-order valence-electron chi connectivity index (χ1n) is 4.35. The van der Waals surface area contributed by atoms with E-state index in [1.807, 2.05) is 0 Å². The van der Waals surface area contributed by atoms with Crippen LogP contribution >= 0.6 is 22.9 Å². The molecule has 11 heavy (non-hydrogen) atoms. The van der Waals surface area contributed by atoms with Crippen molar-refractivity contribution in [1.29, 1.82) is 0 Å². The zero-order chi connectivity index (χ0) is 7.90. The van der Waals surface area contributed by atoms with E-state index in [0.717, 1.165) is 0 Å². The van der Waals surface area contributed by atoms with Crippen molar-refractivity contribution < 1.29 is 0 Å². The molecule has 0 N–H and O–H groups in total. The third-order valence-corrected chi connectivity index (χ3v) is 4.54. The first-order valence-corrected chi connectivity index (χ1v) is 5.31. The summed E-state index contributed by atoms with van der Waals surface area (Å²) in [5.74, 6) is 0. The van der Waals surface area contributed by atoms with E-state index in [4.69, 9.17) is 0 Å². The van der Waals surface area contributed by atoms with Crippen LogP contribution in [-0.2, 0) is 0 Å². The number of hydrogen-bond donors (Lipinski definition) is 0. The Morgan fingerprint density at radius 2 is 2.09 bits per heavy atom. The Balaban J connectivity index is 2.10. The number of nitrogens with zero attached hydrogens (tertiary/aromatic N) is 2. The van der Waals surface area contributed by atoms with Gasteiger partial charge in [0.25, 0.3) is 0 Å². The van der Waals surface area contributed by atoms with Gasteiger partial charge in [-0.2, -0.15) is 0 Å². The average molecular weight is 266 g/mol. The van der Waals surface area contributed by atoms with Crippen LogP contribution in [0.5, 0.6) is 0 Å². The second-order valence-electron chi connectivity index (χ2n) is 3.90. The largest absolute Gasteiger partial charge is 0.304 e. The summed E-state index contributed by atoms with van der Waals surface area (Å²) >= 11 is 2.50. The van der Waals surface area contributed by atoms with Crippen LogP contribution in [0.3, 0.4) is 0 Å². The number of likely N-dealkylation sites (tertiary alicyclic amines) is 1. The van der Waals surface area contributed by atoms with Crippen LogP contribution in [0.25, 0.3) is 0 Å². The molecule has 2 heterocycles. The number of rotatable bonds is 0. The van der Waals surface area contributed by atoms with Gasteiger partial charge in [-0.3, -0.25) is 0 Å². The van der Waals surface area contributed by atoms with Gasteiger partial charge in [-0.25, -0.2) is 3.11 Å². The van der Waals surface area contributed by atoms with Gasteiger partial charge in [-0.05, 0) is 32.9 Å². The minimum Gasteiger partial charge on any atom is -0.304 e. The first kappa shape index (κ1) is 8.26. The van der Waals surface area contributed by atoms with Crippen molar-refractivity contribution in [3.05, 3.63) is 0 Å². The van der Waals surface area contributed by atoms with Crippen molar-refractivity contribution in [2.45, 2.75) is 24.8 Å². The normalized spacial score (nSPS) is 40.9. The van der Waals surface area contributed by atoms with Crippen molar-refractivity contribution in [2.24, 2.45) is 0 Å². The maximum atomic E-state index is 2.54. The molecule has 0 aromatic carbocycles. The van der Waals surface area contributed by atoms with Gasteiger partial charge in [-0.15, -0.1) is 0 Å². The molecule has 2 aliphatic rings. The van der Waals surface area contributed by atoms with Crippen LogP contribution in [0.4, 0.5) is 0 Å². The second kappa shape index (κ2) is 2.85. The van der Waals surface area contributed by atoms with E-state index in [9.17, 15) is 0 Å². The highest BCUT2D eigenvalue weighted by Crippen LogP contribution is 2.39. The summed E-state index contributed by atoms with van der Waals surface area (Å²) in [5, 5.41) is 0. The van der Waals surface area contributed by atoms with Crippen LogP contribution in [0, 0.1) is 0 Å². The lowest BCUT2D eigenvalue weighted by atomic mass is 9.97. The smallest absolute Gasteiger partial charge is 0.0444 e. The standard InChI is InChI=1S/C8H15IN2/c1-10-6-4-8(7-10)3-2-5-11(8)9/h2-7H2,1H3. The number of likely N-dealkylation sites (N-methyl/N-ethyl adjacent to an activating group) is 1. The molecule has 0 bridgehead atoms. The van der Waals surface area contributed by atoms with E-state index in [1.54, 1.807) is 0 Å². The molecule has 2 aliphatic heterocycles. The van der Waals surface area contributed by atoms with Gasteiger partial charge in [0.1, 0.15) is 0 Å². The fourth-order valence-electron chi connectivity index (χ4n) is 2.37. The average Bonchev–Trinajstić information content (AvgIpc) is 2.46. The summed E-state index contributed by atoms with van der Waals surface area (Å²) in [6.07, 6.45) is 4.20. The Kier molecular flexibility index (Phi) is 2.14. The van der Waals surface area contributed by atoms with Crippen molar-refractivity contribution in [1.82, 2.24) is 8.01 Å². The Morgan fingerprint density at radius 1 is 1.27 bits per heavy atom. The monoisotopic (exact) mass is 266 g/mol. The molecular weight excluding hydrogens is 251 g/mol. The van der Waals surface area contributed by atoms with Gasteiger partial charge < -0.3 is 4.90 Å². The van der Waals surface area contributed by atoms with E-state index in [-0.39, 0.29) is 0 Å². The molecule has 0 amide bonds. The molecule has 2 rings (SSSR count). The summed E-state index contributed by atoms with van der Waals surface area (Å²) in [6, 6.07) is 0. The molecule has 2 nitrogen and oxygen atoms in total. The van der Waals surface area contributed by atoms with E-state index in [1.165, 1.54) is 38.9 Å². The summed E-state index contributed by atoms with van der Waals surface area (Å²) in [7, 11) is 2.23. The molecule has 2 fully saturated rings. The predicted octanol–water partition coefficient (Wildman–Crippen LogP) is 1.51. The maximum absolute atomic E-state index is 2.54. The molecule has 1 spiro atoms. The summed E-state index contributed by atoms with van der Waals surface area (Å²) in [4.78, 5) is 2.46. The Hall–Kier alpha value is 0.650. The summed E-state index contributed by atoms with van der Waals surface area (Å²) < 4.78 is 2.54. The van der Waals surface area contributed by atoms with Crippen LogP contribution < -0.4 is 0 Å². The third-order valence-electron chi connectivity index (χ3n) is 3.03. The molecule has 64 valence electrons. The van der Waals surface area contributed by atoms with Crippen molar-refractivity contribution >= 4 is 22.9 Å². The molecule has 0 radical (unpaired) electrons.